The van der Waals surface area contributed by atoms with Crippen molar-refractivity contribution in [2.24, 2.45) is 5.73 Å². The van der Waals surface area contributed by atoms with Crippen LogP contribution >= 0.6 is 0 Å². The van der Waals surface area contributed by atoms with Crippen molar-refractivity contribution in [3.05, 3.63) is 60.1 Å². The second-order valence-corrected chi connectivity index (χ2v) is 4.32. The Morgan fingerprint density at radius 3 is 2.74 bits per heavy atom. The molecule has 3 N–H and O–H groups in total. The standard InChI is InChI=1S/C14H14N4O/c15-11(9-10-5-2-1-3-6-10)13-16-14(18-17-13)12-7-4-8-19-12/h1-8,11H,9,15H2,(H,16,17,18)/t11-/m0/s1. The van der Waals surface area contributed by atoms with Crippen LogP contribution in [0.2, 0.25) is 0 Å². The van der Waals surface area contributed by atoms with E-state index in [1.54, 1.807) is 12.3 Å². The van der Waals surface area contributed by atoms with Crippen LogP contribution in [0, 0.1) is 0 Å². The van der Waals surface area contributed by atoms with Crippen LogP contribution in [0.1, 0.15) is 17.4 Å². The van der Waals surface area contributed by atoms with E-state index >= 15 is 0 Å². The third-order valence-corrected chi connectivity index (χ3v) is 2.89. The van der Waals surface area contributed by atoms with Crippen molar-refractivity contribution >= 4 is 0 Å². The quantitative estimate of drug-likeness (QED) is 0.748. The van der Waals surface area contributed by atoms with E-state index in [0.717, 1.165) is 0 Å². The number of nitrogens with one attached hydrogen (secondary N) is 1. The number of aromatic nitrogens is 3. The average Bonchev–Trinajstić information content (AvgIpc) is 3.11. The number of aromatic amines is 1. The minimum atomic E-state index is -0.210. The van der Waals surface area contributed by atoms with E-state index in [-0.39, 0.29) is 6.04 Å². The summed E-state index contributed by atoms with van der Waals surface area (Å²) in [5.74, 6) is 1.83. The maximum absolute atomic E-state index is 6.13. The van der Waals surface area contributed by atoms with E-state index in [2.05, 4.69) is 15.2 Å². The molecule has 1 atom stereocenters. The van der Waals surface area contributed by atoms with Crippen LogP contribution in [-0.4, -0.2) is 15.2 Å². The van der Waals surface area contributed by atoms with Gasteiger partial charge in [0.05, 0.1) is 12.3 Å². The molecule has 5 nitrogen and oxygen atoms in total. The van der Waals surface area contributed by atoms with Gasteiger partial charge in [-0.05, 0) is 24.1 Å². The molecule has 96 valence electrons. The first-order valence-electron chi connectivity index (χ1n) is 6.08. The number of furan rings is 1. The molecule has 3 aromatic rings. The highest BCUT2D eigenvalue weighted by Gasteiger charge is 2.14. The Morgan fingerprint density at radius 1 is 1.16 bits per heavy atom. The Labute approximate surface area is 110 Å². The van der Waals surface area contributed by atoms with Crippen molar-refractivity contribution < 1.29 is 4.42 Å². The number of benzene rings is 1. The number of nitrogens with two attached hydrogens (primary N) is 1. The van der Waals surface area contributed by atoms with Crippen LogP contribution in [0.25, 0.3) is 11.6 Å². The molecule has 0 spiro atoms. The van der Waals surface area contributed by atoms with E-state index in [0.29, 0.717) is 23.8 Å². The molecule has 0 saturated carbocycles. The second-order valence-electron chi connectivity index (χ2n) is 4.32. The van der Waals surface area contributed by atoms with Crippen LogP contribution in [0.5, 0.6) is 0 Å². The normalized spacial score (nSPS) is 12.5. The first-order chi connectivity index (χ1) is 9.33. The molecule has 2 heterocycles. The fraction of sp³-hybridized carbons (Fsp3) is 0.143. The van der Waals surface area contributed by atoms with Crippen LogP contribution < -0.4 is 5.73 Å². The summed E-state index contributed by atoms with van der Waals surface area (Å²) in [7, 11) is 0. The number of H-pyrrole nitrogens is 1. The monoisotopic (exact) mass is 254 g/mol. The summed E-state index contributed by atoms with van der Waals surface area (Å²) < 4.78 is 5.25. The summed E-state index contributed by atoms with van der Waals surface area (Å²) in [5, 5.41) is 6.98. The molecule has 0 amide bonds. The molecule has 0 aliphatic heterocycles. The van der Waals surface area contributed by atoms with Gasteiger partial charge < -0.3 is 10.2 Å². The fourth-order valence-corrected chi connectivity index (χ4v) is 1.92. The van der Waals surface area contributed by atoms with Crippen LogP contribution in [0.15, 0.2) is 53.1 Å². The first-order valence-corrected chi connectivity index (χ1v) is 6.08. The SMILES string of the molecule is N[C@@H](Cc1ccccc1)c1nc(-c2ccco2)n[nH]1. The Kier molecular flexibility index (Phi) is 3.12. The predicted molar refractivity (Wildman–Crippen MR) is 71.2 cm³/mol. The summed E-state index contributed by atoms with van der Waals surface area (Å²) in [6.45, 7) is 0. The Bertz CT molecular complexity index is 631. The molecule has 0 saturated heterocycles. The van der Waals surface area contributed by atoms with Gasteiger partial charge in [0.25, 0.3) is 0 Å². The Balaban J connectivity index is 1.76. The molecule has 0 radical (unpaired) electrons. The lowest BCUT2D eigenvalue weighted by atomic mass is 10.1. The maximum atomic E-state index is 6.13. The van der Waals surface area contributed by atoms with Gasteiger partial charge in [-0.3, -0.25) is 5.10 Å². The van der Waals surface area contributed by atoms with Gasteiger partial charge in [0.15, 0.2) is 5.76 Å². The molecular formula is C14H14N4O. The molecule has 2 aromatic heterocycles. The van der Waals surface area contributed by atoms with E-state index in [1.807, 2.05) is 36.4 Å². The largest absolute Gasteiger partial charge is 0.461 e. The van der Waals surface area contributed by atoms with Gasteiger partial charge in [-0.1, -0.05) is 30.3 Å². The summed E-state index contributed by atoms with van der Waals surface area (Å²) in [6, 6.07) is 13.5. The summed E-state index contributed by atoms with van der Waals surface area (Å²) in [6.07, 6.45) is 2.31. The van der Waals surface area contributed by atoms with Gasteiger partial charge in [-0.25, -0.2) is 4.98 Å². The van der Waals surface area contributed by atoms with Crippen molar-refractivity contribution in [1.29, 1.82) is 0 Å². The van der Waals surface area contributed by atoms with Crippen molar-refractivity contribution in [3.63, 3.8) is 0 Å². The first kappa shape index (κ1) is 11.7. The molecule has 0 fully saturated rings. The van der Waals surface area contributed by atoms with Crippen molar-refractivity contribution in [2.45, 2.75) is 12.5 Å². The van der Waals surface area contributed by atoms with Gasteiger partial charge in [-0.15, -0.1) is 5.10 Å². The molecule has 0 aliphatic rings. The summed E-state index contributed by atoms with van der Waals surface area (Å²) in [5.41, 5.74) is 7.30. The number of hydrogen-bond donors (Lipinski definition) is 2. The van der Waals surface area contributed by atoms with Crippen LogP contribution in [0.4, 0.5) is 0 Å². The molecule has 19 heavy (non-hydrogen) atoms. The highest BCUT2D eigenvalue weighted by molar-refractivity contribution is 5.45. The Morgan fingerprint density at radius 2 is 2.00 bits per heavy atom. The van der Waals surface area contributed by atoms with E-state index < -0.39 is 0 Å². The van der Waals surface area contributed by atoms with Crippen molar-refractivity contribution in [2.75, 3.05) is 0 Å². The lowest BCUT2D eigenvalue weighted by Gasteiger charge is -2.07. The highest BCUT2D eigenvalue weighted by Crippen LogP contribution is 2.18. The third kappa shape index (κ3) is 2.56. The molecule has 0 unspecified atom stereocenters. The van der Waals surface area contributed by atoms with Gasteiger partial charge in [-0.2, -0.15) is 0 Å². The van der Waals surface area contributed by atoms with Gasteiger partial charge in [0.1, 0.15) is 5.82 Å². The molecule has 5 heteroatoms. The lowest BCUT2D eigenvalue weighted by Crippen LogP contribution is -2.15. The zero-order chi connectivity index (χ0) is 13.1. The molecule has 0 bridgehead atoms. The van der Waals surface area contributed by atoms with Gasteiger partial charge >= 0.3 is 0 Å². The van der Waals surface area contributed by atoms with E-state index in [9.17, 15) is 0 Å². The van der Waals surface area contributed by atoms with E-state index in [4.69, 9.17) is 10.2 Å². The second kappa shape index (κ2) is 5.07. The molecule has 1 aromatic carbocycles. The molecule has 0 aliphatic carbocycles. The van der Waals surface area contributed by atoms with Crippen molar-refractivity contribution in [1.82, 2.24) is 15.2 Å². The minimum absolute atomic E-state index is 0.210. The number of hydrogen-bond acceptors (Lipinski definition) is 4. The van der Waals surface area contributed by atoms with Gasteiger partial charge in [0.2, 0.25) is 5.82 Å². The maximum Gasteiger partial charge on any atom is 0.216 e. The Hall–Kier alpha value is -2.40. The van der Waals surface area contributed by atoms with Crippen molar-refractivity contribution in [3.8, 4) is 11.6 Å². The van der Waals surface area contributed by atoms with Crippen LogP contribution in [0.3, 0.4) is 0 Å². The number of rotatable bonds is 4. The van der Waals surface area contributed by atoms with Crippen LogP contribution in [-0.2, 0) is 6.42 Å². The topological polar surface area (TPSA) is 80.7 Å². The lowest BCUT2D eigenvalue weighted by molar-refractivity contribution is 0.577. The zero-order valence-corrected chi connectivity index (χ0v) is 10.3. The summed E-state index contributed by atoms with van der Waals surface area (Å²) in [4.78, 5) is 4.36. The smallest absolute Gasteiger partial charge is 0.216 e. The average molecular weight is 254 g/mol. The zero-order valence-electron chi connectivity index (χ0n) is 10.3. The molecule has 3 rings (SSSR count). The third-order valence-electron chi connectivity index (χ3n) is 2.89. The number of nitrogens with zero attached hydrogens (tertiary/aromatic N) is 2. The predicted octanol–water partition coefficient (Wildman–Crippen LogP) is 2.31. The fourth-order valence-electron chi connectivity index (χ4n) is 1.92. The highest BCUT2D eigenvalue weighted by atomic mass is 16.3. The molecular weight excluding hydrogens is 240 g/mol. The van der Waals surface area contributed by atoms with E-state index in [1.165, 1.54) is 5.56 Å². The summed E-state index contributed by atoms with van der Waals surface area (Å²) >= 11 is 0. The minimum Gasteiger partial charge on any atom is -0.461 e. The van der Waals surface area contributed by atoms with Gasteiger partial charge in [0, 0.05) is 0 Å².